The maximum absolute atomic E-state index is 5.83. The second-order valence-electron chi connectivity index (χ2n) is 5.92. The van der Waals surface area contributed by atoms with E-state index in [2.05, 4.69) is 17.9 Å². The van der Waals surface area contributed by atoms with Crippen molar-refractivity contribution in [2.24, 2.45) is 0 Å². The zero-order valence-corrected chi connectivity index (χ0v) is 15.8. The molecule has 0 radical (unpaired) electrons. The first kappa shape index (κ1) is 18.7. The smallest absolute Gasteiger partial charge is 0.189 e. The number of nitrogens with zero attached hydrogens (tertiary/aromatic N) is 1. The van der Waals surface area contributed by atoms with Crippen LogP contribution >= 0.6 is 0 Å². The highest BCUT2D eigenvalue weighted by atomic mass is 16.5. The fraction of sp³-hybridized carbons (Fsp3) is 0.273. The molecule has 0 spiro atoms. The summed E-state index contributed by atoms with van der Waals surface area (Å²) in [6.45, 7) is 4.90. The van der Waals surface area contributed by atoms with E-state index in [9.17, 15) is 0 Å². The Bertz CT molecular complexity index is 783. The zero-order chi connectivity index (χ0) is 18.9. The lowest BCUT2D eigenvalue weighted by Gasteiger charge is -2.26. The summed E-state index contributed by atoms with van der Waals surface area (Å²) in [6, 6.07) is 15.0. The number of rotatable bonds is 9. The van der Waals surface area contributed by atoms with E-state index in [0.29, 0.717) is 13.2 Å². The summed E-state index contributed by atoms with van der Waals surface area (Å²) in [4.78, 5) is 2.17. The quantitative estimate of drug-likeness (QED) is 0.605. The van der Waals surface area contributed by atoms with Gasteiger partial charge in [-0.25, -0.2) is 0 Å². The predicted octanol–water partition coefficient (Wildman–Crippen LogP) is 4.62. The van der Waals surface area contributed by atoms with Crippen molar-refractivity contribution < 1.29 is 18.9 Å². The molecule has 2 aromatic carbocycles. The van der Waals surface area contributed by atoms with Crippen LogP contribution < -0.4 is 14.2 Å². The highest BCUT2D eigenvalue weighted by molar-refractivity contribution is 5.38. The lowest BCUT2D eigenvalue weighted by atomic mass is 10.3. The fourth-order valence-electron chi connectivity index (χ4n) is 2.67. The van der Waals surface area contributed by atoms with Crippen molar-refractivity contribution in [1.29, 1.82) is 0 Å². The van der Waals surface area contributed by atoms with Crippen LogP contribution in [0.1, 0.15) is 6.92 Å². The van der Waals surface area contributed by atoms with Gasteiger partial charge in [0.25, 0.3) is 0 Å². The number of hydrogen-bond acceptors (Lipinski definition) is 5. The van der Waals surface area contributed by atoms with E-state index in [1.807, 2.05) is 60.7 Å². The molecule has 0 saturated carbocycles. The Kier molecular flexibility index (Phi) is 6.63. The fourth-order valence-corrected chi connectivity index (χ4v) is 2.67. The van der Waals surface area contributed by atoms with E-state index in [4.69, 9.17) is 18.9 Å². The Hall–Kier alpha value is -3.08. The van der Waals surface area contributed by atoms with Gasteiger partial charge in [-0.15, -0.1) is 0 Å². The molecular formula is C22H25NO4. The molecule has 5 nitrogen and oxygen atoms in total. The molecule has 0 N–H and O–H groups in total. The predicted molar refractivity (Wildman–Crippen MR) is 105 cm³/mol. The Morgan fingerprint density at radius 3 is 2.41 bits per heavy atom. The van der Waals surface area contributed by atoms with Crippen LogP contribution in [0.2, 0.25) is 0 Å². The summed E-state index contributed by atoms with van der Waals surface area (Å²) in [5.41, 5.74) is 0. The molecule has 1 heterocycles. The van der Waals surface area contributed by atoms with Gasteiger partial charge in [0.05, 0.1) is 7.11 Å². The molecule has 0 aromatic heterocycles. The summed E-state index contributed by atoms with van der Waals surface area (Å²) < 4.78 is 22.6. The third kappa shape index (κ3) is 5.45. The van der Waals surface area contributed by atoms with Crippen molar-refractivity contribution in [3.8, 4) is 23.0 Å². The third-order valence-corrected chi connectivity index (χ3v) is 4.10. The van der Waals surface area contributed by atoms with Gasteiger partial charge in [-0.3, -0.25) is 0 Å². The largest absolute Gasteiger partial charge is 0.497 e. The van der Waals surface area contributed by atoms with Gasteiger partial charge in [-0.1, -0.05) is 18.2 Å². The van der Waals surface area contributed by atoms with Gasteiger partial charge in [0.2, 0.25) is 0 Å². The summed E-state index contributed by atoms with van der Waals surface area (Å²) in [7, 11) is 1.64. The second-order valence-corrected chi connectivity index (χ2v) is 5.92. The molecule has 0 amide bonds. The highest BCUT2D eigenvalue weighted by Crippen LogP contribution is 2.26. The maximum Gasteiger partial charge on any atom is 0.189 e. The van der Waals surface area contributed by atoms with Crippen molar-refractivity contribution in [3.05, 3.63) is 72.6 Å². The summed E-state index contributed by atoms with van der Waals surface area (Å²) >= 11 is 0. The number of benzene rings is 2. The zero-order valence-electron chi connectivity index (χ0n) is 15.8. The van der Waals surface area contributed by atoms with Gasteiger partial charge in [0.15, 0.2) is 5.88 Å². The molecule has 142 valence electrons. The van der Waals surface area contributed by atoms with Gasteiger partial charge in [0, 0.05) is 19.2 Å². The molecule has 0 fully saturated rings. The van der Waals surface area contributed by atoms with Crippen LogP contribution in [-0.4, -0.2) is 38.3 Å². The first-order chi connectivity index (χ1) is 13.3. The van der Waals surface area contributed by atoms with E-state index in [1.165, 1.54) is 0 Å². The van der Waals surface area contributed by atoms with Gasteiger partial charge in [0.1, 0.15) is 36.2 Å². The van der Waals surface area contributed by atoms with Crippen LogP contribution in [0.4, 0.5) is 0 Å². The first-order valence-electron chi connectivity index (χ1n) is 9.08. The first-order valence-corrected chi connectivity index (χ1v) is 9.08. The van der Waals surface area contributed by atoms with Gasteiger partial charge >= 0.3 is 0 Å². The molecule has 0 saturated heterocycles. The minimum atomic E-state index is 0.481. The van der Waals surface area contributed by atoms with Crippen LogP contribution in [0.15, 0.2) is 72.6 Å². The minimum absolute atomic E-state index is 0.481. The van der Waals surface area contributed by atoms with Crippen LogP contribution in [0.3, 0.4) is 0 Å². The average molecular weight is 367 g/mol. The van der Waals surface area contributed by atoms with E-state index in [0.717, 1.165) is 42.0 Å². The number of hydrogen-bond donors (Lipinski definition) is 0. The second kappa shape index (κ2) is 9.57. The topological polar surface area (TPSA) is 40.2 Å². The number of ether oxygens (including phenoxy) is 4. The van der Waals surface area contributed by atoms with Crippen LogP contribution in [0.25, 0.3) is 0 Å². The molecule has 27 heavy (non-hydrogen) atoms. The van der Waals surface area contributed by atoms with E-state index >= 15 is 0 Å². The number of likely N-dealkylation sites (N-methyl/N-ethyl adjacent to an activating group) is 1. The van der Waals surface area contributed by atoms with Crippen molar-refractivity contribution in [3.63, 3.8) is 0 Å². The van der Waals surface area contributed by atoms with Crippen LogP contribution in [0, 0.1) is 0 Å². The SMILES string of the molecule is CCN1CC=CC=C1OCCOc1ccc(Oc2cccc(OC)c2)cc1. The summed E-state index contributed by atoms with van der Waals surface area (Å²) in [6.07, 6.45) is 6.11. The van der Waals surface area contributed by atoms with Crippen LogP contribution in [0.5, 0.6) is 23.0 Å². The van der Waals surface area contributed by atoms with Gasteiger partial charge in [-0.05, 0) is 49.4 Å². The van der Waals surface area contributed by atoms with Crippen LogP contribution in [-0.2, 0) is 4.74 Å². The van der Waals surface area contributed by atoms with E-state index in [1.54, 1.807) is 7.11 Å². The molecule has 5 heteroatoms. The number of allylic oxidation sites excluding steroid dienone is 2. The third-order valence-electron chi connectivity index (χ3n) is 4.10. The standard InChI is InChI=1S/C22H25NO4/c1-3-23-14-5-4-9-22(23)26-16-15-25-18-10-12-19(13-11-18)27-21-8-6-7-20(17-21)24-2/h4-13,17H,3,14-16H2,1-2H3. The van der Waals surface area contributed by atoms with E-state index < -0.39 is 0 Å². The highest BCUT2D eigenvalue weighted by Gasteiger charge is 2.09. The monoisotopic (exact) mass is 367 g/mol. The minimum Gasteiger partial charge on any atom is -0.497 e. The molecule has 1 aliphatic heterocycles. The van der Waals surface area contributed by atoms with Crippen molar-refractivity contribution in [1.82, 2.24) is 4.90 Å². The lowest BCUT2D eigenvalue weighted by molar-refractivity contribution is 0.0944. The molecule has 2 aromatic rings. The Morgan fingerprint density at radius 1 is 0.889 bits per heavy atom. The molecule has 0 unspecified atom stereocenters. The Morgan fingerprint density at radius 2 is 1.63 bits per heavy atom. The van der Waals surface area contributed by atoms with Crippen molar-refractivity contribution >= 4 is 0 Å². The number of methoxy groups -OCH3 is 1. The lowest BCUT2D eigenvalue weighted by Crippen LogP contribution is -2.27. The van der Waals surface area contributed by atoms with Gasteiger partial charge < -0.3 is 23.8 Å². The molecule has 0 aliphatic carbocycles. The molecule has 1 aliphatic rings. The summed E-state index contributed by atoms with van der Waals surface area (Å²) in [5.74, 6) is 3.90. The maximum atomic E-state index is 5.83. The Balaban J connectivity index is 1.45. The van der Waals surface area contributed by atoms with E-state index in [-0.39, 0.29) is 0 Å². The molecule has 0 bridgehead atoms. The van der Waals surface area contributed by atoms with Crippen molar-refractivity contribution in [2.45, 2.75) is 6.92 Å². The van der Waals surface area contributed by atoms with Gasteiger partial charge in [-0.2, -0.15) is 0 Å². The molecule has 3 rings (SSSR count). The summed E-state index contributed by atoms with van der Waals surface area (Å²) in [5, 5.41) is 0. The molecule has 0 atom stereocenters. The Labute approximate surface area is 160 Å². The normalized spacial score (nSPS) is 13.1. The molecular weight excluding hydrogens is 342 g/mol. The average Bonchev–Trinajstić information content (AvgIpc) is 2.73. The van der Waals surface area contributed by atoms with Crippen molar-refractivity contribution in [2.75, 3.05) is 33.4 Å².